The average Bonchev–Trinajstić information content (AvgIpc) is 2.00. The topological polar surface area (TPSA) is 79.1 Å². The predicted octanol–water partition coefficient (Wildman–Crippen LogP) is 1.69. The van der Waals surface area contributed by atoms with Gasteiger partial charge in [0.1, 0.15) is 0 Å². The quantitative estimate of drug-likeness (QED) is 0.302. The van der Waals surface area contributed by atoms with E-state index in [0.29, 0.717) is 5.92 Å². The average molecular weight is 209 g/mol. The van der Waals surface area contributed by atoms with Crippen LogP contribution in [0.5, 0.6) is 0 Å². The molecule has 0 rings (SSSR count). The predicted molar refractivity (Wildman–Crippen MR) is 50.4 cm³/mol. The van der Waals surface area contributed by atoms with Crippen molar-refractivity contribution >= 4 is 13.8 Å². The van der Waals surface area contributed by atoms with E-state index in [0.717, 1.165) is 12.6 Å². The molecule has 0 amide bonds. The lowest BCUT2D eigenvalue weighted by Crippen LogP contribution is -2.00. The van der Waals surface area contributed by atoms with E-state index in [2.05, 4.69) is 5.16 Å². The minimum atomic E-state index is -3.57. The first-order valence-electron chi connectivity index (χ1n) is 4.10. The third-order valence-corrected chi connectivity index (χ3v) is 2.59. The van der Waals surface area contributed by atoms with Crippen molar-refractivity contribution in [2.24, 2.45) is 11.1 Å². The number of nitrogens with zero attached hydrogens (tertiary/aromatic N) is 1. The van der Waals surface area contributed by atoms with Crippen molar-refractivity contribution in [2.75, 3.05) is 12.8 Å². The molecule has 0 saturated carbocycles. The van der Waals surface area contributed by atoms with E-state index in [1.54, 1.807) is 0 Å². The normalized spacial score (nSPS) is 16.6. The van der Waals surface area contributed by atoms with E-state index in [1.807, 2.05) is 13.8 Å². The van der Waals surface area contributed by atoms with Gasteiger partial charge in [0.2, 0.25) is 0 Å². The van der Waals surface area contributed by atoms with Crippen LogP contribution in [0.25, 0.3) is 0 Å². The zero-order valence-corrected chi connectivity index (χ0v) is 8.78. The van der Waals surface area contributed by atoms with E-state index in [4.69, 9.17) is 14.6 Å². The van der Waals surface area contributed by atoms with Gasteiger partial charge >= 0.3 is 7.60 Å². The molecule has 0 heterocycles. The lowest BCUT2D eigenvalue weighted by Gasteiger charge is -2.10. The van der Waals surface area contributed by atoms with Crippen LogP contribution in [0.4, 0.5) is 0 Å². The largest absolute Gasteiger partial charge is 0.411 e. The van der Waals surface area contributed by atoms with Crippen molar-refractivity contribution in [3.8, 4) is 0 Å². The molecule has 5 nitrogen and oxygen atoms in total. The fraction of sp³-hybridized carbons (Fsp3) is 0.857. The van der Waals surface area contributed by atoms with Gasteiger partial charge in [-0.25, -0.2) is 0 Å². The molecule has 6 heteroatoms. The van der Waals surface area contributed by atoms with Crippen LogP contribution in [-0.4, -0.2) is 29.1 Å². The van der Waals surface area contributed by atoms with Gasteiger partial charge in [0, 0.05) is 0 Å². The summed E-state index contributed by atoms with van der Waals surface area (Å²) in [5.74, 6) is 0.437. The lowest BCUT2D eigenvalue weighted by molar-refractivity contribution is 0.246. The molecule has 0 aromatic heterocycles. The summed E-state index contributed by atoms with van der Waals surface area (Å²) in [5, 5.41) is 10.7. The highest BCUT2D eigenvalue weighted by atomic mass is 31.2. The maximum absolute atomic E-state index is 11.1. The van der Waals surface area contributed by atoms with Crippen LogP contribution in [-0.2, 0) is 9.09 Å². The molecule has 0 aliphatic carbocycles. The molecule has 13 heavy (non-hydrogen) atoms. The second-order valence-electron chi connectivity index (χ2n) is 3.13. The summed E-state index contributed by atoms with van der Waals surface area (Å²) < 4.78 is 15.8. The Morgan fingerprint density at radius 2 is 2.23 bits per heavy atom. The summed E-state index contributed by atoms with van der Waals surface area (Å²) in [4.78, 5) is 9.09. The van der Waals surface area contributed by atoms with Gasteiger partial charge in [-0.2, -0.15) is 0 Å². The van der Waals surface area contributed by atoms with Gasteiger partial charge in [-0.05, 0) is 12.3 Å². The van der Waals surface area contributed by atoms with Crippen molar-refractivity contribution in [1.82, 2.24) is 0 Å². The third-order valence-electron chi connectivity index (χ3n) is 1.38. The molecule has 0 aliphatic heterocycles. The molecule has 2 N–H and O–H groups in total. The molecule has 78 valence electrons. The lowest BCUT2D eigenvalue weighted by atomic mass is 10.2. The molecular formula is C7H16NO4P. The van der Waals surface area contributed by atoms with E-state index in [1.165, 1.54) is 0 Å². The zero-order valence-electron chi connectivity index (χ0n) is 7.88. The van der Waals surface area contributed by atoms with Gasteiger partial charge in [-0.3, -0.25) is 4.57 Å². The van der Waals surface area contributed by atoms with Gasteiger partial charge in [0.15, 0.2) is 0 Å². The molecule has 0 aromatic carbocycles. The second kappa shape index (κ2) is 6.13. The molecule has 0 spiro atoms. The fourth-order valence-electron chi connectivity index (χ4n) is 0.623. The van der Waals surface area contributed by atoms with Crippen LogP contribution in [0.1, 0.15) is 20.3 Å². The smallest absolute Gasteiger partial charge is 0.333 e. The summed E-state index contributed by atoms with van der Waals surface area (Å²) in [5.41, 5.74) is 0. The van der Waals surface area contributed by atoms with Crippen LogP contribution in [0, 0.1) is 5.92 Å². The Bertz CT molecular complexity index is 205. The van der Waals surface area contributed by atoms with Gasteiger partial charge in [0.25, 0.3) is 0 Å². The van der Waals surface area contributed by atoms with Crippen molar-refractivity contribution in [3.63, 3.8) is 0 Å². The Labute approximate surface area is 77.9 Å². The highest BCUT2D eigenvalue weighted by molar-refractivity contribution is 7.53. The van der Waals surface area contributed by atoms with Gasteiger partial charge in [-0.1, -0.05) is 13.8 Å². The zero-order chi connectivity index (χ0) is 10.3. The molecule has 1 unspecified atom stereocenters. The first kappa shape index (κ1) is 12.6. The number of hydrogen-bond acceptors (Lipinski definition) is 4. The minimum absolute atomic E-state index is 0.248. The van der Waals surface area contributed by atoms with Crippen LogP contribution >= 0.6 is 7.60 Å². The molecular weight excluding hydrogens is 193 g/mol. The van der Waals surface area contributed by atoms with Gasteiger partial charge in [-0.15, -0.1) is 5.16 Å². The summed E-state index contributed by atoms with van der Waals surface area (Å²) in [7, 11) is -3.57. The first-order valence-corrected chi connectivity index (χ1v) is 5.86. The molecule has 0 saturated heterocycles. The molecule has 1 atom stereocenters. The van der Waals surface area contributed by atoms with Gasteiger partial charge < -0.3 is 14.6 Å². The van der Waals surface area contributed by atoms with Crippen molar-refractivity contribution in [2.45, 2.75) is 20.3 Å². The molecule has 0 fully saturated rings. The van der Waals surface area contributed by atoms with Crippen LogP contribution < -0.4 is 0 Å². The summed E-state index contributed by atoms with van der Waals surface area (Å²) in [6, 6.07) is 0. The highest BCUT2D eigenvalue weighted by Crippen LogP contribution is 2.40. The number of rotatable bonds is 6. The van der Waals surface area contributed by atoms with Crippen LogP contribution in [0.2, 0.25) is 0 Å². The Kier molecular flexibility index (Phi) is 5.95. The number of oxime groups is 1. The maximum Gasteiger partial charge on any atom is 0.333 e. The maximum atomic E-state index is 11.1. The minimum Gasteiger partial charge on any atom is -0.411 e. The van der Waals surface area contributed by atoms with E-state index >= 15 is 0 Å². The molecule has 0 bridgehead atoms. The number of hydrogen-bond donors (Lipinski definition) is 2. The molecule has 0 radical (unpaired) electrons. The Morgan fingerprint density at radius 1 is 1.62 bits per heavy atom. The second-order valence-corrected chi connectivity index (χ2v) is 5.03. The van der Waals surface area contributed by atoms with E-state index < -0.39 is 7.60 Å². The summed E-state index contributed by atoms with van der Waals surface area (Å²) in [6.45, 7) is 4.26. The van der Waals surface area contributed by atoms with Crippen molar-refractivity contribution in [3.05, 3.63) is 0 Å². The highest BCUT2D eigenvalue weighted by Gasteiger charge is 2.17. The van der Waals surface area contributed by atoms with Gasteiger partial charge in [0.05, 0.1) is 19.0 Å². The third kappa shape index (κ3) is 7.96. The van der Waals surface area contributed by atoms with Crippen LogP contribution in [0.15, 0.2) is 5.16 Å². The summed E-state index contributed by atoms with van der Waals surface area (Å²) in [6.07, 6.45) is 1.44. The summed E-state index contributed by atoms with van der Waals surface area (Å²) >= 11 is 0. The first-order chi connectivity index (χ1) is 5.98. The monoisotopic (exact) mass is 209 g/mol. The van der Waals surface area contributed by atoms with E-state index in [9.17, 15) is 4.57 Å². The van der Waals surface area contributed by atoms with Crippen molar-refractivity contribution in [1.29, 1.82) is 0 Å². The molecule has 0 aromatic rings. The van der Waals surface area contributed by atoms with Crippen LogP contribution in [0.3, 0.4) is 0 Å². The van der Waals surface area contributed by atoms with E-state index in [-0.39, 0.29) is 12.8 Å². The SMILES string of the molecule is CC(C)CCOP(=O)(O)CC=NO. The fourth-order valence-corrected chi connectivity index (χ4v) is 1.40. The Morgan fingerprint density at radius 3 is 2.69 bits per heavy atom. The van der Waals surface area contributed by atoms with Crippen molar-refractivity contribution < 1.29 is 19.2 Å². The standard InChI is InChI=1S/C7H16NO4P/c1-7(2)3-5-12-13(10,11)6-4-8-9/h4,7,9H,3,5-6H2,1-2H3,(H,10,11). The Hall–Kier alpha value is -0.380. The molecule has 0 aliphatic rings. The Balaban J connectivity index is 3.69.